The number of carbonyl (C=O) groups is 2. The first-order chi connectivity index (χ1) is 12.1. The summed E-state index contributed by atoms with van der Waals surface area (Å²) in [5.41, 5.74) is 1.99. The van der Waals surface area contributed by atoms with E-state index in [1.165, 1.54) is 0 Å². The van der Waals surface area contributed by atoms with Crippen LogP contribution in [-0.2, 0) is 9.53 Å². The quantitative estimate of drug-likeness (QED) is 0.589. The average molecular weight is 366 g/mol. The molecule has 2 saturated heterocycles. The van der Waals surface area contributed by atoms with E-state index in [1.807, 2.05) is 12.1 Å². The maximum Gasteiger partial charge on any atom is 0.254 e. The number of benzene rings is 1. The molecule has 6 nitrogen and oxygen atoms in total. The van der Waals surface area contributed by atoms with Crippen LogP contribution in [0.25, 0.3) is 0 Å². The molecule has 1 aromatic rings. The minimum Gasteiger partial charge on any atom is -0.381 e. The zero-order chi connectivity index (χ0) is 17.8. The van der Waals surface area contributed by atoms with E-state index >= 15 is 0 Å². The van der Waals surface area contributed by atoms with Crippen molar-refractivity contribution in [2.45, 2.75) is 18.9 Å². The first-order valence-electron chi connectivity index (χ1n) is 8.69. The van der Waals surface area contributed by atoms with E-state index in [1.54, 1.807) is 11.0 Å². The molecule has 2 fully saturated rings. The smallest absolute Gasteiger partial charge is 0.254 e. The summed E-state index contributed by atoms with van der Waals surface area (Å²) >= 11 is 5.78. The Morgan fingerprint density at radius 2 is 1.92 bits per heavy atom. The molecule has 136 valence electrons. The van der Waals surface area contributed by atoms with Crippen LogP contribution in [0.3, 0.4) is 0 Å². The topological polar surface area (TPSA) is 53.1 Å². The third-order valence-electron chi connectivity index (χ3n) is 5.04. The van der Waals surface area contributed by atoms with E-state index in [4.69, 9.17) is 16.3 Å². The van der Waals surface area contributed by atoms with Crippen molar-refractivity contribution < 1.29 is 14.3 Å². The van der Waals surface area contributed by atoms with Gasteiger partial charge in [0.2, 0.25) is 6.41 Å². The number of piperazine rings is 1. The summed E-state index contributed by atoms with van der Waals surface area (Å²) < 4.78 is 5.39. The predicted octanol–water partition coefficient (Wildman–Crippen LogP) is 1.96. The predicted molar refractivity (Wildman–Crippen MR) is 98.7 cm³/mol. The highest BCUT2D eigenvalue weighted by Crippen LogP contribution is 2.31. The average Bonchev–Trinajstić information content (AvgIpc) is 2.63. The molecule has 0 aromatic heterocycles. The van der Waals surface area contributed by atoms with Crippen molar-refractivity contribution in [3.8, 4) is 0 Å². The Labute approximate surface area is 153 Å². The van der Waals surface area contributed by atoms with Crippen molar-refractivity contribution in [2.24, 2.45) is 0 Å². The van der Waals surface area contributed by atoms with Crippen molar-refractivity contribution in [1.82, 2.24) is 4.90 Å². The molecule has 25 heavy (non-hydrogen) atoms. The molecule has 0 atom stereocenters. The summed E-state index contributed by atoms with van der Waals surface area (Å²) in [5.74, 6) is 0. The monoisotopic (exact) mass is 365 g/mol. The number of hydrogen-bond acceptors (Lipinski definition) is 5. The van der Waals surface area contributed by atoms with Crippen molar-refractivity contribution in [3.05, 3.63) is 23.8 Å². The minimum atomic E-state index is -0.543. The number of halogens is 1. The van der Waals surface area contributed by atoms with Crippen LogP contribution in [0.1, 0.15) is 23.2 Å². The standard InChI is InChI=1S/C18H24ClN3O3/c1-20-6-8-21(9-7-20)15-2-3-16(18(19)24)17(12-15)22(13-23)14-4-10-25-11-5-14/h2-3,12-14H,4-11H2,1H3. The summed E-state index contributed by atoms with van der Waals surface area (Å²) in [4.78, 5) is 29.9. The molecule has 7 heteroatoms. The fourth-order valence-corrected chi connectivity index (χ4v) is 3.62. The number of hydrogen-bond donors (Lipinski definition) is 0. The van der Waals surface area contributed by atoms with Crippen molar-refractivity contribution in [2.75, 3.05) is 56.2 Å². The molecule has 1 amide bonds. The van der Waals surface area contributed by atoms with E-state index in [0.29, 0.717) is 24.5 Å². The summed E-state index contributed by atoms with van der Waals surface area (Å²) in [6, 6.07) is 5.60. The lowest BCUT2D eigenvalue weighted by Gasteiger charge is -2.36. The Bertz CT molecular complexity index is 626. The minimum absolute atomic E-state index is 0.0313. The van der Waals surface area contributed by atoms with Gasteiger partial charge in [-0.05, 0) is 49.7 Å². The summed E-state index contributed by atoms with van der Waals surface area (Å²) in [5, 5.41) is -0.543. The summed E-state index contributed by atoms with van der Waals surface area (Å²) in [7, 11) is 2.11. The van der Waals surface area contributed by atoms with Crippen LogP contribution >= 0.6 is 11.6 Å². The molecule has 2 aliphatic rings. The highest BCUT2D eigenvalue weighted by Gasteiger charge is 2.26. The molecule has 0 aliphatic carbocycles. The second-order valence-corrected chi connectivity index (χ2v) is 6.96. The largest absolute Gasteiger partial charge is 0.381 e. The highest BCUT2D eigenvalue weighted by atomic mass is 35.5. The number of anilines is 2. The second-order valence-electron chi connectivity index (χ2n) is 6.62. The van der Waals surface area contributed by atoms with Gasteiger partial charge in [0.15, 0.2) is 0 Å². The molecule has 0 spiro atoms. The molecule has 1 aromatic carbocycles. The van der Waals surface area contributed by atoms with E-state index < -0.39 is 5.24 Å². The lowest BCUT2D eigenvalue weighted by molar-refractivity contribution is -0.108. The van der Waals surface area contributed by atoms with Gasteiger partial charge < -0.3 is 19.4 Å². The van der Waals surface area contributed by atoms with Crippen LogP contribution in [-0.4, -0.2) is 69.0 Å². The van der Waals surface area contributed by atoms with Crippen molar-refractivity contribution in [1.29, 1.82) is 0 Å². The molecule has 0 radical (unpaired) electrons. The fourth-order valence-electron chi connectivity index (χ4n) is 3.46. The molecular formula is C18H24ClN3O3. The summed E-state index contributed by atoms with van der Waals surface area (Å²) in [6.07, 6.45) is 2.32. The number of likely N-dealkylation sites (N-methyl/N-ethyl adjacent to an activating group) is 1. The Hall–Kier alpha value is -1.63. The van der Waals surface area contributed by atoms with Gasteiger partial charge in [-0.15, -0.1) is 0 Å². The molecule has 2 aliphatic heterocycles. The van der Waals surface area contributed by atoms with Crippen molar-refractivity contribution in [3.63, 3.8) is 0 Å². The highest BCUT2D eigenvalue weighted by molar-refractivity contribution is 6.68. The lowest BCUT2D eigenvalue weighted by Crippen LogP contribution is -2.44. The molecule has 0 bridgehead atoms. The van der Waals surface area contributed by atoms with E-state index in [9.17, 15) is 9.59 Å². The molecule has 0 saturated carbocycles. The third kappa shape index (κ3) is 4.14. The van der Waals surface area contributed by atoms with Crippen LogP contribution in [0.2, 0.25) is 0 Å². The number of amides is 1. The van der Waals surface area contributed by atoms with Gasteiger partial charge in [-0.25, -0.2) is 0 Å². The lowest BCUT2D eigenvalue weighted by atomic mass is 10.0. The molecule has 0 N–H and O–H groups in total. The van der Waals surface area contributed by atoms with Crippen LogP contribution in [0, 0.1) is 0 Å². The van der Waals surface area contributed by atoms with Gasteiger partial charge in [-0.3, -0.25) is 9.59 Å². The normalized spacial score (nSPS) is 19.7. The van der Waals surface area contributed by atoms with Gasteiger partial charge in [0.1, 0.15) is 0 Å². The fraction of sp³-hybridized carbons (Fsp3) is 0.556. The van der Waals surface area contributed by atoms with E-state index in [2.05, 4.69) is 16.8 Å². The zero-order valence-corrected chi connectivity index (χ0v) is 15.2. The molecule has 2 heterocycles. The Morgan fingerprint density at radius 3 is 2.52 bits per heavy atom. The Kier molecular flexibility index (Phi) is 5.93. The van der Waals surface area contributed by atoms with Gasteiger partial charge in [0, 0.05) is 51.1 Å². The van der Waals surface area contributed by atoms with E-state index in [-0.39, 0.29) is 6.04 Å². The second kappa shape index (κ2) is 8.17. The van der Waals surface area contributed by atoms with Gasteiger partial charge in [-0.1, -0.05) is 0 Å². The third-order valence-corrected chi connectivity index (χ3v) is 5.24. The van der Waals surface area contributed by atoms with Crippen LogP contribution in [0.5, 0.6) is 0 Å². The molecule has 0 unspecified atom stereocenters. The van der Waals surface area contributed by atoms with Crippen LogP contribution < -0.4 is 9.80 Å². The first kappa shape index (κ1) is 18.2. The number of ether oxygens (including phenoxy) is 1. The maximum atomic E-state index is 11.9. The molecule has 3 rings (SSSR count). The zero-order valence-electron chi connectivity index (χ0n) is 14.5. The van der Waals surface area contributed by atoms with Crippen LogP contribution in [0.4, 0.5) is 11.4 Å². The number of rotatable bonds is 5. The Balaban J connectivity index is 1.92. The van der Waals surface area contributed by atoms with Gasteiger partial charge in [0.05, 0.1) is 11.3 Å². The maximum absolute atomic E-state index is 11.9. The van der Waals surface area contributed by atoms with Crippen LogP contribution in [0.15, 0.2) is 18.2 Å². The Morgan fingerprint density at radius 1 is 1.24 bits per heavy atom. The van der Waals surface area contributed by atoms with Gasteiger partial charge >= 0.3 is 0 Å². The van der Waals surface area contributed by atoms with Crippen molar-refractivity contribution >= 4 is 34.6 Å². The first-order valence-corrected chi connectivity index (χ1v) is 9.06. The van der Waals surface area contributed by atoms with Gasteiger partial charge in [-0.2, -0.15) is 0 Å². The number of carbonyl (C=O) groups excluding carboxylic acids is 2. The molecular weight excluding hydrogens is 342 g/mol. The SMILES string of the molecule is CN1CCN(c2ccc(C(=O)Cl)c(N(C=O)C3CCOCC3)c2)CC1. The van der Waals surface area contributed by atoms with Gasteiger partial charge in [0.25, 0.3) is 5.24 Å². The number of nitrogens with zero attached hydrogens (tertiary/aromatic N) is 3. The van der Waals surface area contributed by atoms with E-state index in [0.717, 1.165) is 51.1 Å². The summed E-state index contributed by atoms with van der Waals surface area (Å²) in [6.45, 7) is 5.06.